The van der Waals surface area contributed by atoms with Gasteiger partial charge in [0.1, 0.15) is 0 Å². The van der Waals surface area contributed by atoms with Crippen molar-refractivity contribution in [1.29, 1.82) is 5.26 Å². The molecule has 3 aromatic rings. The zero-order valence-electron chi connectivity index (χ0n) is 13.6. The van der Waals surface area contributed by atoms with Crippen LogP contribution in [0.1, 0.15) is 6.92 Å². The first-order chi connectivity index (χ1) is 12.3. The Morgan fingerprint density at radius 2 is 0.880 bits per heavy atom. The van der Waals surface area contributed by atoms with E-state index in [-0.39, 0.29) is 15.9 Å². The zero-order valence-corrected chi connectivity index (χ0v) is 17.6. The van der Waals surface area contributed by atoms with Crippen molar-refractivity contribution >= 4 is 42.9 Å². The summed E-state index contributed by atoms with van der Waals surface area (Å²) in [5.41, 5.74) is 0. The van der Waals surface area contributed by atoms with E-state index in [4.69, 9.17) is 24.3 Å². The quantitative estimate of drug-likeness (QED) is 0.366. The van der Waals surface area contributed by atoms with E-state index in [0.717, 1.165) is 0 Å². The molecule has 3 aromatic carbocycles. The SMILES string of the molecule is CC#N.[Cl][Pd][Cl].c1ccc(P(c2ccccc2)c2ccccc2)cc1. The Hall–Kier alpha value is -1.18. The third-order valence-electron chi connectivity index (χ3n) is 3.04. The first-order valence-electron chi connectivity index (χ1n) is 7.37. The van der Waals surface area contributed by atoms with E-state index in [1.165, 1.54) is 22.8 Å². The Bertz CT molecular complexity index is 640. The molecule has 25 heavy (non-hydrogen) atoms. The van der Waals surface area contributed by atoms with Gasteiger partial charge >= 0.3 is 35.0 Å². The molecule has 0 amide bonds. The molecular weight excluding hydrogens is 463 g/mol. The Kier molecular flexibility index (Phi) is 12.3. The predicted molar refractivity (Wildman–Crippen MR) is 108 cm³/mol. The van der Waals surface area contributed by atoms with Gasteiger partial charge in [-0.25, -0.2) is 0 Å². The van der Waals surface area contributed by atoms with Crippen LogP contribution in [0.4, 0.5) is 0 Å². The summed E-state index contributed by atoms with van der Waals surface area (Å²) in [7, 11) is 9.18. The summed E-state index contributed by atoms with van der Waals surface area (Å²) in [4.78, 5) is 0. The van der Waals surface area contributed by atoms with Crippen LogP contribution in [0, 0.1) is 11.3 Å². The van der Waals surface area contributed by atoms with E-state index in [1.54, 1.807) is 6.07 Å². The van der Waals surface area contributed by atoms with Gasteiger partial charge in [0.05, 0.1) is 6.07 Å². The third kappa shape index (κ3) is 8.16. The van der Waals surface area contributed by atoms with Crippen LogP contribution < -0.4 is 15.9 Å². The number of benzene rings is 3. The first-order valence-corrected chi connectivity index (χ1v) is 12.7. The summed E-state index contributed by atoms with van der Waals surface area (Å²) in [5, 5.41) is 11.5. The van der Waals surface area contributed by atoms with Crippen LogP contribution in [0.3, 0.4) is 0 Å². The monoisotopic (exact) mass is 479 g/mol. The van der Waals surface area contributed by atoms with Crippen LogP contribution in [0.15, 0.2) is 91.0 Å². The molecule has 0 fully saturated rings. The Balaban J connectivity index is 0.000000460. The molecule has 0 unspecified atom stereocenters. The van der Waals surface area contributed by atoms with Gasteiger partial charge in [-0.3, -0.25) is 0 Å². The normalized spacial score (nSPS) is 9.24. The minimum Gasteiger partial charge on any atom is -0.0622 e. The summed E-state index contributed by atoms with van der Waals surface area (Å²) in [5.74, 6) is 0. The molecular formula is C20H18Cl2NPPd. The van der Waals surface area contributed by atoms with Crippen molar-refractivity contribution in [3.8, 4) is 6.07 Å². The average molecular weight is 481 g/mol. The summed E-state index contributed by atoms with van der Waals surface area (Å²) in [6.07, 6.45) is 0. The third-order valence-corrected chi connectivity index (χ3v) is 5.49. The molecule has 0 saturated carbocycles. The van der Waals surface area contributed by atoms with Gasteiger partial charge in [-0.15, -0.1) is 0 Å². The number of hydrogen-bond acceptors (Lipinski definition) is 1. The van der Waals surface area contributed by atoms with Crippen LogP contribution in [0.2, 0.25) is 0 Å². The Labute approximate surface area is 167 Å². The molecule has 0 heterocycles. The molecule has 3 rings (SSSR count). The zero-order chi connectivity index (χ0) is 18.3. The minimum atomic E-state index is -0.446. The van der Waals surface area contributed by atoms with Crippen molar-refractivity contribution in [2.75, 3.05) is 0 Å². The van der Waals surface area contributed by atoms with Crippen molar-refractivity contribution in [3.05, 3.63) is 91.0 Å². The van der Waals surface area contributed by atoms with Gasteiger partial charge in [0, 0.05) is 6.92 Å². The molecule has 132 valence electrons. The van der Waals surface area contributed by atoms with E-state index in [1.807, 2.05) is 0 Å². The van der Waals surface area contributed by atoms with Gasteiger partial charge in [-0.1, -0.05) is 91.0 Å². The molecule has 5 heteroatoms. The van der Waals surface area contributed by atoms with Crippen molar-refractivity contribution in [2.24, 2.45) is 0 Å². The van der Waals surface area contributed by atoms with Gasteiger partial charge in [-0.2, -0.15) is 5.26 Å². The summed E-state index contributed by atoms with van der Waals surface area (Å²) in [6.45, 7) is 1.43. The van der Waals surface area contributed by atoms with E-state index in [2.05, 4.69) is 91.0 Å². The number of nitrogens with zero attached hydrogens (tertiary/aromatic N) is 1. The smallest absolute Gasteiger partial charge is 0.0134 e. The molecule has 0 radical (unpaired) electrons. The van der Waals surface area contributed by atoms with Crippen LogP contribution in [-0.2, 0) is 15.9 Å². The number of hydrogen-bond donors (Lipinski definition) is 0. The molecule has 0 N–H and O–H groups in total. The maximum atomic E-state index is 7.32. The van der Waals surface area contributed by atoms with Crippen LogP contribution >= 0.6 is 27.0 Å². The van der Waals surface area contributed by atoms with Gasteiger partial charge in [0.2, 0.25) is 0 Å². The van der Waals surface area contributed by atoms with Gasteiger partial charge in [0.15, 0.2) is 0 Å². The maximum Gasteiger partial charge on any atom is -0.0134 e. The number of halogens is 2. The van der Waals surface area contributed by atoms with E-state index in [9.17, 15) is 0 Å². The summed E-state index contributed by atoms with van der Waals surface area (Å²) in [6, 6.07) is 34.1. The summed E-state index contributed by atoms with van der Waals surface area (Å²) >= 11 is -0.106. The topological polar surface area (TPSA) is 23.8 Å². The molecule has 0 aliphatic rings. The number of rotatable bonds is 3. The molecule has 0 aliphatic heterocycles. The maximum absolute atomic E-state index is 7.32. The first kappa shape index (κ1) is 21.9. The fraction of sp³-hybridized carbons (Fsp3) is 0.0500. The van der Waals surface area contributed by atoms with Crippen LogP contribution in [0.25, 0.3) is 0 Å². The van der Waals surface area contributed by atoms with Gasteiger partial charge < -0.3 is 0 Å². The van der Waals surface area contributed by atoms with Crippen molar-refractivity contribution < 1.29 is 15.9 Å². The van der Waals surface area contributed by atoms with Crippen LogP contribution in [-0.4, -0.2) is 0 Å². The molecule has 0 spiro atoms. The van der Waals surface area contributed by atoms with Crippen molar-refractivity contribution in [1.82, 2.24) is 0 Å². The fourth-order valence-corrected chi connectivity index (χ4v) is 4.48. The number of nitriles is 1. The molecule has 0 aliphatic carbocycles. The average Bonchev–Trinajstić information content (AvgIpc) is 2.66. The van der Waals surface area contributed by atoms with Crippen molar-refractivity contribution in [3.63, 3.8) is 0 Å². The van der Waals surface area contributed by atoms with E-state index < -0.39 is 7.92 Å². The van der Waals surface area contributed by atoms with Crippen molar-refractivity contribution in [2.45, 2.75) is 6.92 Å². The second-order valence-corrected chi connectivity index (χ2v) is 9.19. The Morgan fingerprint density at radius 1 is 0.680 bits per heavy atom. The second kappa shape index (κ2) is 14.0. The molecule has 0 atom stereocenters. The predicted octanol–water partition coefficient (Wildman–Crippen LogP) is 5.35. The standard InChI is InChI=1S/C18H15P.C2H3N.2ClH.Pd/c1-4-10-16(11-5-1)19(17-12-6-2-7-13-17)18-14-8-3-9-15-18;1-2-3;;;/h1-15H;1H3;2*1H;/q;;;;+2/p-2. The van der Waals surface area contributed by atoms with Crippen LogP contribution in [0.5, 0.6) is 0 Å². The van der Waals surface area contributed by atoms with Gasteiger partial charge in [0.25, 0.3) is 0 Å². The molecule has 0 bridgehead atoms. The molecule has 0 aromatic heterocycles. The second-order valence-electron chi connectivity index (χ2n) is 4.61. The van der Waals surface area contributed by atoms with E-state index in [0.29, 0.717) is 0 Å². The molecule has 0 saturated heterocycles. The van der Waals surface area contributed by atoms with E-state index >= 15 is 0 Å². The summed E-state index contributed by atoms with van der Waals surface area (Å²) < 4.78 is 0. The fourth-order valence-electron chi connectivity index (χ4n) is 2.18. The largest absolute Gasteiger partial charge is 0.0622 e. The Morgan fingerprint density at radius 3 is 1.08 bits per heavy atom. The van der Waals surface area contributed by atoms with Gasteiger partial charge in [-0.05, 0) is 23.8 Å². The minimum absolute atomic E-state index is 0.106. The molecule has 1 nitrogen and oxygen atoms in total.